The minimum absolute atomic E-state index is 0.140. The summed E-state index contributed by atoms with van der Waals surface area (Å²) >= 11 is 1.34. The Morgan fingerprint density at radius 3 is 2.95 bits per heavy atom. The Labute approximate surface area is 120 Å². The van der Waals surface area contributed by atoms with Crippen LogP contribution in [0.2, 0.25) is 0 Å². The second-order valence-corrected chi connectivity index (χ2v) is 4.90. The van der Waals surface area contributed by atoms with E-state index in [1.54, 1.807) is 32.4 Å². The molecule has 104 valence electrons. The highest BCUT2D eigenvalue weighted by molar-refractivity contribution is 7.20. The van der Waals surface area contributed by atoms with Crippen LogP contribution in [0.4, 0.5) is 5.82 Å². The molecule has 0 saturated heterocycles. The van der Waals surface area contributed by atoms with Crippen molar-refractivity contribution in [2.24, 2.45) is 4.99 Å². The molecule has 0 saturated carbocycles. The van der Waals surface area contributed by atoms with Crippen LogP contribution in [0, 0.1) is 0 Å². The summed E-state index contributed by atoms with van der Waals surface area (Å²) in [6.07, 6.45) is 6.42. The van der Waals surface area contributed by atoms with Crippen LogP contribution in [-0.2, 0) is 0 Å². The van der Waals surface area contributed by atoms with E-state index in [9.17, 15) is 4.79 Å². The van der Waals surface area contributed by atoms with Gasteiger partial charge in [0, 0.05) is 20.3 Å². The lowest BCUT2D eigenvalue weighted by molar-refractivity contribution is 0.0895. The van der Waals surface area contributed by atoms with Crippen LogP contribution in [0.5, 0.6) is 0 Å². The lowest BCUT2D eigenvalue weighted by atomic mass is 10.3. The van der Waals surface area contributed by atoms with Crippen molar-refractivity contribution < 1.29 is 4.79 Å². The van der Waals surface area contributed by atoms with Gasteiger partial charge in [-0.1, -0.05) is 6.08 Å². The van der Waals surface area contributed by atoms with Gasteiger partial charge in [0.1, 0.15) is 17.0 Å². The first-order valence-electron chi connectivity index (χ1n) is 6.01. The first-order chi connectivity index (χ1) is 9.71. The fourth-order valence-corrected chi connectivity index (χ4v) is 2.67. The van der Waals surface area contributed by atoms with Gasteiger partial charge in [-0.2, -0.15) is 0 Å². The monoisotopic (exact) mass is 289 g/mol. The van der Waals surface area contributed by atoms with Crippen molar-refractivity contribution >= 4 is 39.6 Å². The molecule has 1 amide bonds. The summed E-state index contributed by atoms with van der Waals surface area (Å²) in [6, 6.07) is 1.80. The Hall–Kier alpha value is -2.28. The minimum Gasteiger partial charge on any atom is -0.373 e. The predicted octanol–water partition coefficient (Wildman–Crippen LogP) is 2.37. The molecule has 0 unspecified atom stereocenters. The van der Waals surface area contributed by atoms with Gasteiger partial charge < -0.3 is 5.32 Å². The number of hydrogen-bond acceptors (Lipinski definition) is 6. The van der Waals surface area contributed by atoms with Crippen molar-refractivity contribution in [3.8, 4) is 0 Å². The van der Waals surface area contributed by atoms with Gasteiger partial charge in [0.15, 0.2) is 0 Å². The van der Waals surface area contributed by atoms with Crippen molar-refractivity contribution in [2.45, 2.75) is 6.92 Å². The molecule has 2 heterocycles. The summed E-state index contributed by atoms with van der Waals surface area (Å²) in [5, 5.41) is 3.84. The maximum Gasteiger partial charge on any atom is 0.273 e. The first kappa shape index (κ1) is 14.1. The number of nitrogens with one attached hydrogen (secondary N) is 1. The summed E-state index contributed by atoms with van der Waals surface area (Å²) in [7, 11) is 3.41. The minimum atomic E-state index is -0.140. The predicted molar refractivity (Wildman–Crippen MR) is 82.4 cm³/mol. The van der Waals surface area contributed by atoms with E-state index in [2.05, 4.69) is 20.3 Å². The zero-order chi connectivity index (χ0) is 14.5. The zero-order valence-corrected chi connectivity index (χ0v) is 12.3. The number of aromatic nitrogens is 2. The molecule has 0 fully saturated rings. The van der Waals surface area contributed by atoms with E-state index in [4.69, 9.17) is 0 Å². The van der Waals surface area contributed by atoms with E-state index in [0.717, 1.165) is 10.2 Å². The molecular formula is C13H15N5OS. The van der Waals surface area contributed by atoms with Crippen LogP contribution in [0.15, 0.2) is 29.7 Å². The SMILES string of the molecule is C/C=C/N(C=NC)C(=O)c1cc2c(NC)ncnc2s1. The molecule has 7 heteroatoms. The van der Waals surface area contributed by atoms with Crippen LogP contribution >= 0.6 is 11.3 Å². The molecule has 20 heavy (non-hydrogen) atoms. The highest BCUT2D eigenvalue weighted by atomic mass is 32.1. The molecule has 2 rings (SSSR count). The van der Waals surface area contributed by atoms with E-state index in [-0.39, 0.29) is 5.91 Å². The number of hydrogen-bond donors (Lipinski definition) is 1. The van der Waals surface area contributed by atoms with Crippen molar-refractivity contribution in [3.63, 3.8) is 0 Å². The number of carbonyl (C=O) groups excluding carboxylic acids is 1. The number of aliphatic imine (C=N–C) groups is 1. The highest BCUT2D eigenvalue weighted by Crippen LogP contribution is 2.28. The molecule has 0 aliphatic heterocycles. The van der Waals surface area contributed by atoms with Crippen LogP contribution < -0.4 is 5.32 Å². The average molecular weight is 289 g/mol. The molecular weight excluding hydrogens is 274 g/mol. The first-order valence-corrected chi connectivity index (χ1v) is 6.83. The molecule has 2 aromatic rings. The zero-order valence-electron chi connectivity index (χ0n) is 11.5. The van der Waals surface area contributed by atoms with E-state index in [1.165, 1.54) is 28.9 Å². The molecule has 0 radical (unpaired) electrons. The Balaban J connectivity index is 2.44. The normalized spacial score (nSPS) is 11.6. The highest BCUT2D eigenvalue weighted by Gasteiger charge is 2.17. The summed E-state index contributed by atoms with van der Waals surface area (Å²) in [6.45, 7) is 1.85. The maximum atomic E-state index is 12.4. The third kappa shape index (κ3) is 2.67. The van der Waals surface area contributed by atoms with E-state index in [1.807, 2.05) is 6.92 Å². The molecule has 2 aromatic heterocycles. The van der Waals surface area contributed by atoms with Gasteiger partial charge in [0.25, 0.3) is 5.91 Å². The van der Waals surface area contributed by atoms with Gasteiger partial charge in [-0.05, 0) is 13.0 Å². The largest absolute Gasteiger partial charge is 0.373 e. The van der Waals surface area contributed by atoms with Crippen LogP contribution in [0.1, 0.15) is 16.6 Å². The van der Waals surface area contributed by atoms with Gasteiger partial charge in [-0.3, -0.25) is 14.7 Å². The molecule has 0 spiro atoms. The Morgan fingerprint density at radius 2 is 2.30 bits per heavy atom. The smallest absolute Gasteiger partial charge is 0.273 e. The molecule has 6 nitrogen and oxygen atoms in total. The van der Waals surface area contributed by atoms with Gasteiger partial charge in [-0.15, -0.1) is 11.3 Å². The molecule has 0 aliphatic carbocycles. The Kier molecular flexibility index (Phi) is 4.41. The number of amides is 1. The fourth-order valence-electron chi connectivity index (χ4n) is 1.73. The summed E-state index contributed by atoms with van der Waals surface area (Å²) in [5.74, 6) is 0.575. The number of fused-ring (bicyclic) bond motifs is 1. The molecule has 0 aliphatic rings. The number of thiophene rings is 1. The molecule has 1 N–H and O–H groups in total. The Morgan fingerprint density at radius 1 is 1.50 bits per heavy atom. The second kappa shape index (κ2) is 6.25. The summed E-state index contributed by atoms with van der Waals surface area (Å²) in [4.78, 5) is 27.4. The van der Waals surface area contributed by atoms with Gasteiger partial charge in [-0.25, -0.2) is 9.97 Å². The number of rotatable bonds is 4. The third-order valence-electron chi connectivity index (χ3n) is 2.56. The number of carbonyl (C=O) groups is 1. The quantitative estimate of drug-likeness (QED) is 0.693. The maximum absolute atomic E-state index is 12.4. The van der Waals surface area contributed by atoms with Gasteiger partial charge in [0.2, 0.25) is 0 Å². The molecule has 0 atom stereocenters. The number of allylic oxidation sites excluding steroid dienone is 1. The third-order valence-corrected chi connectivity index (χ3v) is 3.59. The van der Waals surface area contributed by atoms with E-state index in [0.29, 0.717) is 10.7 Å². The lowest BCUT2D eigenvalue weighted by Crippen LogP contribution is -2.23. The van der Waals surface area contributed by atoms with Crippen LogP contribution in [-0.4, -0.2) is 41.2 Å². The standard InChI is InChI=1S/C13H15N5OS/c1-4-5-18(8-14-2)13(19)10-6-9-11(15-3)16-7-17-12(9)20-10/h4-8H,1-3H3,(H,15,16,17)/b5-4+,14-8?. The lowest BCUT2D eigenvalue weighted by Gasteiger charge is -2.10. The van der Waals surface area contributed by atoms with Gasteiger partial charge >= 0.3 is 0 Å². The van der Waals surface area contributed by atoms with Crippen molar-refractivity contribution in [2.75, 3.05) is 19.4 Å². The van der Waals surface area contributed by atoms with Crippen molar-refractivity contribution in [1.29, 1.82) is 0 Å². The fraction of sp³-hybridized carbons (Fsp3) is 0.231. The number of anilines is 1. The van der Waals surface area contributed by atoms with E-state index < -0.39 is 0 Å². The molecule has 0 aromatic carbocycles. The second-order valence-electron chi connectivity index (χ2n) is 3.87. The van der Waals surface area contributed by atoms with Crippen molar-refractivity contribution in [3.05, 3.63) is 29.5 Å². The number of nitrogens with zero attached hydrogens (tertiary/aromatic N) is 4. The Bertz CT molecular complexity index is 664. The van der Waals surface area contributed by atoms with Crippen molar-refractivity contribution in [1.82, 2.24) is 14.9 Å². The summed E-state index contributed by atoms with van der Waals surface area (Å²) < 4.78 is 0. The molecule has 0 bridgehead atoms. The van der Waals surface area contributed by atoms with Gasteiger partial charge in [0.05, 0.1) is 16.6 Å². The topological polar surface area (TPSA) is 70.5 Å². The average Bonchev–Trinajstić information content (AvgIpc) is 2.90. The van der Waals surface area contributed by atoms with Crippen LogP contribution in [0.25, 0.3) is 10.2 Å². The summed E-state index contributed by atoms with van der Waals surface area (Å²) in [5.41, 5.74) is 0. The van der Waals surface area contributed by atoms with E-state index >= 15 is 0 Å². The van der Waals surface area contributed by atoms with Crippen LogP contribution in [0.3, 0.4) is 0 Å².